The van der Waals surface area contributed by atoms with Crippen molar-refractivity contribution in [2.24, 2.45) is 5.41 Å². The Morgan fingerprint density at radius 3 is 2.29 bits per heavy atom. The van der Waals surface area contributed by atoms with Crippen LogP contribution in [0.1, 0.15) is 76.8 Å². The molecule has 3 unspecified atom stereocenters. The summed E-state index contributed by atoms with van der Waals surface area (Å²) in [5, 5.41) is 9.66. The number of carbonyl (C=O) groups is 1. The Balaban J connectivity index is 1.92. The molecule has 1 saturated heterocycles. The van der Waals surface area contributed by atoms with Crippen LogP contribution in [-0.2, 0) is 35.0 Å². The van der Waals surface area contributed by atoms with Gasteiger partial charge in [0.15, 0.2) is 5.67 Å². The van der Waals surface area contributed by atoms with Gasteiger partial charge in [0.1, 0.15) is 10.5 Å². The fourth-order valence-electron chi connectivity index (χ4n) is 4.85. The van der Waals surface area contributed by atoms with Gasteiger partial charge in [0, 0.05) is 11.4 Å². The van der Waals surface area contributed by atoms with Gasteiger partial charge in [-0.05, 0) is 67.5 Å². The molecule has 3 rings (SSSR count). The number of nitrogens with one attached hydrogen (secondary N) is 1. The van der Waals surface area contributed by atoms with Crippen molar-refractivity contribution in [3.63, 3.8) is 0 Å². The normalized spacial score (nSPS) is 21.5. The first-order valence-electron chi connectivity index (χ1n) is 12.8. The van der Waals surface area contributed by atoms with Crippen LogP contribution in [0.2, 0.25) is 0 Å². The van der Waals surface area contributed by atoms with Crippen LogP contribution in [0, 0.1) is 5.41 Å². The van der Waals surface area contributed by atoms with Crippen LogP contribution >= 0.6 is 0 Å². The van der Waals surface area contributed by atoms with Crippen molar-refractivity contribution in [1.82, 2.24) is 9.62 Å². The Bertz CT molecular complexity index is 1120. The number of nitrogens with zero attached hydrogens (tertiary/aromatic N) is 1. The summed E-state index contributed by atoms with van der Waals surface area (Å²) in [5.41, 5.74) is 0.431. The zero-order chi connectivity index (χ0) is 28.5. The Morgan fingerprint density at radius 1 is 1.16 bits per heavy atom. The quantitative estimate of drug-likeness (QED) is 0.368. The van der Waals surface area contributed by atoms with E-state index in [4.69, 9.17) is 9.47 Å². The van der Waals surface area contributed by atoms with Crippen LogP contribution in [0.15, 0.2) is 42.5 Å². The molecule has 210 valence electrons. The maximum absolute atomic E-state index is 16.7. The van der Waals surface area contributed by atoms with Crippen LogP contribution in [0.3, 0.4) is 0 Å². The largest absolute Gasteiger partial charge is 0.598 e. The molecule has 38 heavy (non-hydrogen) atoms. The second-order valence-electron chi connectivity index (χ2n) is 12.1. The zero-order valence-corrected chi connectivity index (χ0v) is 24.4. The van der Waals surface area contributed by atoms with Crippen molar-refractivity contribution in [1.29, 1.82) is 0 Å². The van der Waals surface area contributed by atoms with Crippen LogP contribution < -0.4 is 9.46 Å². The smallest absolute Gasteiger partial charge is 0.407 e. The molecule has 0 saturated carbocycles. The standard InChI is InChI=1S/C29H41FN2O5S/c1-19(31-38(35)28(5,6)7)22-13-21(17-37-16-20-9-11-24(36-8)12-10-20)14-23(15-22)29(30)18-32(26(33)34)25(29)27(2,3)4/h9-15,19,25,31H,16-18H2,1-8H3,(H,33,34)/t19-,25?,29?,38?/m1/s1. The van der Waals surface area contributed by atoms with Gasteiger partial charge in [-0.2, -0.15) is 0 Å². The number of hydrogen-bond acceptors (Lipinski definition) is 5. The number of likely N-dealkylation sites (tertiary alicyclic amines) is 1. The second-order valence-corrected chi connectivity index (χ2v) is 14.1. The van der Waals surface area contributed by atoms with Gasteiger partial charge in [-0.15, -0.1) is 4.72 Å². The van der Waals surface area contributed by atoms with E-state index in [1.54, 1.807) is 19.2 Å². The highest BCUT2D eigenvalue weighted by molar-refractivity contribution is 7.90. The molecule has 2 aromatic carbocycles. The van der Waals surface area contributed by atoms with Gasteiger partial charge in [-0.1, -0.05) is 51.1 Å². The summed E-state index contributed by atoms with van der Waals surface area (Å²) in [6, 6.07) is 11.9. The third-order valence-corrected chi connectivity index (χ3v) is 8.42. The SMILES string of the molecule is COc1ccc(COCc2cc([C@@H](C)N[S+]([O-])C(C)(C)C)cc(C3(F)CN(C(=O)O)C3C(C)(C)C)c2)cc1. The van der Waals surface area contributed by atoms with E-state index in [2.05, 4.69) is 4.72 Å². The second kappa shape index (κ2) is 11.4. The number of benzene rings is 2. The molecule has 0 bridgehead atoms. The van der Waals surface area contributed by atoms with Gasteiger partial charge in [0.25, 0.3) is 0 Å². The van der Waals surface area contributed by atoms with Gasteiger partial charge in [-0.25, -0.2) is 9.18 Å². The topological polar surface area (TPSA) is 94.1 Å². The lowest BCUT2D eigenvalue weighted by atomic mass is 9.67. The number of rotatable bonds is 9. The van der Waals surface area contributed by atoms with E-state index in [-0.39, 0.29) is 19.2 Å². The number of methoxy groups -OCH3 is 1. The molecule has 2 aromatic rings. The monoisotopic (exact) mass is 548 g/mol. The van der Waals surface area contributed by atoms with E-state index < -0.39 is 39.3 Å². The molecule has 1 heterocycles. The maximum atomic E-state index is 16.7. The molecule has 0 aliphatic carbocycles. The highest BCUT2D eigenvalue weighted by atomic mass is 32.2. The lowest BCUT2D eigenvalue weighted by Gasteiger charge is -2.56. The highest BCUT2D eigenvalue weighted by Gasteiger charge is 2.61. The van der Waals surface area contributed by atoms with E-state index in [1.165, 1.54) is 4.90 Å². The molecule has 9 heteroatoms. The van der Waals surface area contributed by atoms with Gasteiger partial charge < -0.3 is 19.1 Å². The molecule has 1 aliphatic heterocycles. The van der Waals surface area contributed by atoms with Crippen molar-refractivity contribution in [3.8, 4) is 5.75 Å². The molecule has 1 aliphatic rings. The van der Waals surface area contributed by atoms with Gasteiger partial charge in [0.05, 0.1) is 39.0 Å². The van der Waals surface area contributed by atoms with Crippen molar-refractivity contribution in [2.75, 3.05) is 13.7 Å². The molecule has 0 radical (unpaired) electrons. The van der Waals surface area contributed by atoms with E-state index in [9.17, 15) is 14.5 Å². The molecule has 1 amide bonds. The number of hydrogen-bond donors (Lipinski definition) is 2. The molecular formula is C29H41FN2O5S. The average molecular weight is 549 g/mol. The predicted octanol–water partition coefficient (Wildman–Crippen LogP) is 6.10. The minimum absolute atomic E-state index is 0.237. The molecule has 0 aromatic heterocycles. The summed E-state index contributed by atoms with van der Waals surface area (Å²) in [7, 11) is 1.61. The fraction of sp³-hybridized carbons (Fsp3) is 0.552. The lowest BCUT2D eigenvalue weighted by Crippen LogP contribution is -2.70. The Morgan fingerprint density at radius 2 is 1.76 bits per heavy atom. The number of alkyl halides is 1. The van der Waals surface area contributed by atoms with E-state index in [0.29, 0.717) is 12.2 Å². The van der Waals surface area contributed by atoms with Crippen LogP contribution in [0.4, 0.5) is 9.18 Å². The molecular weight excluding hydrogens is 507 g/mol. The van der Waals surface area contributed by atoms with Gasteiger partial charge in [0.2, 0.25) is 0 Å². The molecule has 1 fully saturated rings. The van der Waals surface area contributed by atoms with Gasteiger partial charge in [-0.3, -0.25) is 4.90 Å². The summed E-state index contributed by atoms with van der Waals surface area (Å²) in [5.74, 6) is 0.762. The maximum Gasteiger partial charge on any atom is 0.407 e. The van der Waals surface area contributed by atoms with Crippen LogP contribution in [0.25, 0.3) is 0 Å². The minimum Gasteiger partial charge on any atom is -0.598 e. The first kappa shape index (κ1) is 30.2. The first-order chi connectivity index (χ1) is 17.6. The van der Waals surface area contributed by atoms with Crippen molar-refractivity contribution in [3.05, 3.63) is 64.7 Å². The number of halogens is 1. The number of carboxylic acid groups (broad SMARTS) is 1. The van der Waals surface area contributed by atoms with Crippen molar-refractivity contribution in [2.45, 2.75) is 84.2 Å². The number of ether oxygens (including phenoxy) is 2. The summed E-state index contributed by atoms with van der Waals surface area (Å²) < 4.78 is 43.3. The summed E-state index contributed by atoms with van der Waals surface area (Å²) >= 11 is -1.33. The molecule has 7 nitrogen and oxygen atoms in total. The third-order valence-electron chi connectivity index (χ3n) is 6.74. The molecule has 4 atom stereocenters. The third kappa shape index (κ3) is 6.81. The van der Waals surface area contributed by atoms with Gasteiger partial charge >= 0.3 is 6.09 Å². The van der Waals surface area contributed by atoms with Crippen molar-refractivity contribution < 1.29 is 28.3 Å². The van der Waals surface area contributed by atoms with E-state index in [1.807, 2.05) is 78.8 Å². The number of amides is 1. The Kier molecular flexibility index (Phi) is 9.08. The first-order valence-corrected chi connectivity index (χ1v) is 13.9. The van der Waals surface area contributed by atoms with E-state index >= 15 is 4.39 Å². The average Bonchev–Trinajstić information content (AvgIpc) is 2.80. The zero-order valence-electron chi connectivity index (χ0n) is 23.6. The highest BCUT2D eigenvalue weighted by Crippen LogP contribution is 2.50. The molecule has 2 N–H and O–H groups in total. The lowest BCUT2D eigenvalue weighted by molar-refractivity contribution is -0.129. The summed E-state index contributed by atoms with van der Waals surface area (Å²) in [6.07, 6.45) is -1.13. The predicted molar refractivity (Wildman–Crippen MR) is 148 cm³/mol. The Labute approximate surface area is 229 Å². The summed E-state index contributed by atoms with van der Waals surface area (Å²) in [6.45, 7) is 13.5. The fourth-order valence-corrected chi connectivity index (χ4v) is 5.66. The summed E-state index contributed by atoms with van der Waals surface area (Å²) in [4.78, 5) is 13.0. The van der Waals surface area contributed by atoms with E-state index in [0.717, 1.165) is 22.4 Å². The van der Waals surface area contributed by atoms with Crippen molar-refractivity contribution >= 4 is 17.5 Å². The van der Waals surface area contributed by atoms with Crippen LogP contribution in [0.5, 0.6) is 5.75 Å². The van der Waals surface area contributed by atoms with Crippen LogP contribution in [-0.4, -0.2) is 45.1 Å². The molecule has 0 spiro atoms. The minimum atomic E-state index is -1.86. The Hall–Kier alpha value is -2.33.